The molecule has 0 radical (unpaired) electrons. The van der Waals surface area contributed by atoms with E-state index in [9.17, 15) is 5.11 Å². The van der Waals surface area contributed by atoms with Crippen LogP contribution in [0, 0.1) is 0 Å². The minimum absolute atomic E-state index is 0.0417. The van der Waals surface area contributed by atoms with Crippen molar-refractivity contribution in [2.24, 2.45) is 0 Å². The number of allylic oxidation sites excluding steroid dienone is 12. The lowest BCUT2D eigenvalue weighted by molar-refractivity contribution is -0.180. The van der Waals surface area contributed by atoms with Crippen molar-refractivity contribution in [1.82, 2.24) is 0 Å². The molecule has 0 saturated carbocycles. The summed E-state index contributed by atoms with van der Waals surface area (Å²) < 4.78 is 12.7. The second-order valence-corrected chi connectivity index (χ2v) is 12.4. The lowest BCUT2D eigenvalue weighted by atomic mass is 9.99. The average molecular weight is 611 g/mol. The second-order valence-electron chi connectivity index (χ2n) is 12.4. The van der Waals surface area contributed by atoms with Crippen LogP contribution in [0.5, 0.6) is 0 Å². The van der Waals surface area contributed by atoms with Gasteiger partial charge in [0.1, 0.15) is 0 Å². The maximum Gasteiger partial charge on any atom is 0.168 e. The Labute approximate surface area is 273 Å². The number of hydrogen-bond donors (Lipinski definition) is 1. The van der Waals surface area contributed by atoms with Crippen LogP contribution in [-0.2, 0) is 9.47 Å². The molecule has 1 unspecified atom stereocenters. The molecule has 0 aromatic rings. The molecular weight excluding hydrogens is 540 g/mol. The standard InChI is InChI=1S/C41H70O3/c1-3-5-7-9-11-13-15-17-19-21-23-25-27-29-31-33-36-41(43-39-40(44-41)35-38-42)37-34-32-30-28-26-24-22-20-18-16-14-12-10-8-6-4-2/h11-14,17-20,23-26,40,42H,3-10,15-16,21-22,27-39H2,1-2H3/b13-11-,14-12-,19-17-,20-18-,25-23-,26-24-. The van der Waals surface area contributed by atoms with Crippen LogP contribution in [0.25, 0.3) is 0 Å². The average Bonchev–Trinajstić information content (AvgIpc) is 3.43. The summed E-state index contributed by atoms with van der Waals surface area (Å²) in [5.74, 6) is -0.435. The van der Waals surface area contributed by atoms with Crippen LogP contribution in [-0.4, -0.2) is 30.2 Å². The van der Waals surface area contributed by atoms with Crippen molar-refractivity contribution in [1.29, 1.82) is 0 Å². The van der Waals surface area contributed by atoms with Crippen LogP contribution in [0.15, 0.2) is 72.9 Å². The van der Waals surface area contributed by atoms with Crippen LogP contribution in [0.2, 0.25) is 0 Å². The third-order valence-electron chi connectivity index (χ3n) is 8.26. The van der Waals surface area contributed by atoms with Crippen molar-refractivity contribution in [3.63, 3.8) is 0 Å². The predicted molar refractivity (Wildman–Crippen MR) is 193 cm³/mol. The number of unbranched alkanes of at least 4 members (excludes halogenated alkanes) is 12. The summed E-state index contributed by atoms with van der Waals surface area (Å²) in [4.78, 5) is 0. The van der Waals surface area contributed by atoms with Gasteiger partial charge in [0.25, 0.3) is 0 Å². The first kappa shape index (κ1) is 40.3. The van der Waals surface area contributed by atoms with Crippen molar-refractivity contribution in [3.05, 3.63) is 72.9 Å². The molecule has 0 aromatic carbocycles. The molecule has 0 bridgehead atoms. The van der Waals surface area contributed by atoms with E-state index in [4.69, 9.17) is 9.47 Å². The fourth-order valence-electron chi connectivity index (χ4n) is 5.54. The Balaban J connectivity index is 2.16. The first-order valence-electron chi connectivity index (χ1n) is 18.6. The third-order valence-corrected chi connectivity index (χ3v) is 8.26. The Morgan fingerprint density at radius 2 is 0.909 bits per heavy atom. The van der Waals surface area contributed by atoms with Gasteiger partial charge in [-0.15, -0.1) is 0 Å². The highest BCUT2D eigenvalue weighted by atomic mass is 16.7. The van der Waals surface area contributed by atoms with E-state index in [1.54, 1.807) is 0 Å². The zero-order valence-corrected chi connectivity index (χ0v) is 28.9. The number of rotatable bonds is 30. The number of aliphatic hydroxyl groups is 1. The zero-order valence-electron chi connectivity index (χ0n) is 28.9. The fourth-order valence-corrected chi connectivity index (χ4v) is 5.54. The van der Waals surface area contributed by atoms with Gasteiger partial charge in [0.2, 0.25) is 0 Å². The van der Waals surface area contributed by atoms with Crippen molar-refractivity contribution in [2.45, 2.75) is 173 Å². The molecule has 1 atom stereocenters. The van der Waals surface area contributed by atoms with Crippen molar-refractivity contribution < 1.29 is 14.6 Å². The molecule has 1 heterocycles. The Morgan fingerprint density at radius 3 is 1.30 bits per heavy atom. The van der Waals surface area contributed by atoms with Gasteiger partial charge in [-0.3, -0.25) is 0 Å². The topological polar surface area (TPSA) is 38.7 Å². The Hall–Kier alpha value is -1.68. The maximum absolute atomic E-state index is 9.38. The highest BCUT2D eigenvalue weighted by Crippen LogP contribution is 2.35. The lowest BCUT2D eigenvalue weighted by Crippen LogP contribution is -2.31. The molecule has 1 saturated heterocycles. The highest BCUT2D eigenvalue weighted by Gasteiger charge is 2.40. The molecule has 1 rings (SSSR count). The molecule has 3 heteroatoms. The first-order chi connectivity index (χ1) is 21.8. The van der Waals surface area contributed by atoms with Gasteiger partial charge < -0.3 is 14.6 Å². The van der Waals surface area contributed by atoms with Gasteiger partial charge in [0, 0.05) is 19.4 Å². The zero-order chi connectivity index (χ0) is 31.7. The summed E-state index contributed by atoms with van der Waals surface area (Å²) in [6.45, 7) is 5.30. The first-order valence-corrected chi connectivity index (χ1v) is 18.6. The number of aliphatic hydroxyl groups excluding tert-OH is 1. The molecule has 1 aliphatic rings. The van der Waals surface area contributed by atoms with Crippen molar-refractivity contribution >= 4 is 0 Å². The summed E-state index contributed by atoms with van der Waals surface area (Å²) in [6, 6.07) is 0. The Kier molecular flexibility index (Phi) is 28.7. The van der Waals surface area contributed by atoms with Gasteiger partial charge in [-0.2, -0.15) is 0 Å². The molecule has 44 heavy (non-hydrogen) atoms. The summed E-state index contributed by atoms with van der Waals surface area (Å²) in [5, 5.41) is 9.38. The monoisotopic (exact) mass is 611 g/mol. The van der Waals surface area contributed by atoms with Crippen LogP contribution < -0.4 is 0 Å². The summed E-state index contributed by atoms with van der Waals surface area (Å²) in [6.07, 6.45) is 54.2. The molecule has 1 N–H and O–H groups in total. The van der Waals surface area contributed by atoms with E-state index >= 15 is 0 Å². The summed E-state index contributed by atoms with van der Waals surface area (Å²) >= 11 is 0. The fraction of sp³-hybridized carbons (Fsp3) is 0.707. The van der Waals surface area contributed by atoms with E-state index in [1.807, 2.05) is 0 Å². The number of hydrogen-bond acceptors (Lipinski definition) is 3. The summed E-state index contributed by atoms with van der Waals surface area (Å²) in [7, 11) is 0. The number of ether oxygens (including phenoxy) is 2. The lowest BCUT2D eigenvalue weighted by Gasteiger charge is -2.28. The van der Waals surface area contributed by atoms with E-state index in [2.05, 4.69) is 86.8 Å². The Morgan fingerprint density at radius 1 is 0.523 bits per heavy atom. The molecule has 252 valence electrons. The van der Waals surface area contributed by atoms with Gasteiger partial charge >= 0.3 is 0 Å². The third kappa shape index (κ3) is 24.6. The maximum atomic E-state index is 9.38. The van der Waals surface area contributed by atoms with Gasteiger partial charge in [0.05, 0.1) is 12.7 Å². The highest BCUT2D eigenvalue weighted by molar-refractivity contribution is 4.98. The molecular formula is C41H70O3. The van der Waals surface area contributed by atoms with Gasteiger partial charge in [-0.25, -0.2) is 0 Å². The minimum Gasteiger partial charge on any atom is -0.396 e. The van der Waals surface area contributed by atoms with Crippen LogP contribution in [0.3, 0.4) is 0 Å². The summed E-state index contributed by atoms with van der Waals surface area (Å²) in [5.41, 5.74) is 0. The second kappa shape index (κ2) is 31.3. The smallest absolute Gasteiger partial charge is 0.168 e. The molecule has 0 aliphatic carbocycles. The molecule has 3 nitrogen and oxygen atoms in total. The minimum atomic E-state index is -0.435. The van der Waals surface area contributed by atoms with Crippen molar-refractivity contribution in [2.75, 3.05) is 13.2 Å². The largest absolute Gasteiger partial charge is 0.396 e. The van der Waals surface area contributed by atoms with Crippen molar-refractivity contribution in [3.8, 4) is 0 Å². The SMILES string of the molecule is CCCCC/C=C\C/C=C\C/C=C\CCCCCC1(CCCCC/C=C\C/C=C\C/C=C\CCCCC)OCC(CCO)O1. The predicted octanol–water partition coefficient (Wildman–Crippen LogP) is 12.4. The van der Waals surface area contributed by atoms with E-state index in [1.165, 1.54) is 77.0 Å². The molecule has 0 aromatic heterocycles. The Bertz CT molecular complexity index is 734. The molecule has 0 amide bonds. The van der Waals surface area contributed by atoms with E-state index < -0.39 is 5.79 Å². The van der Waals surface area contributed by atoms with Crippen LogP contribution >= 0.6 is 0 Å². The van der Waals surface area contributed by atoms with Crippen LogP contribution in [0.1, 0.15) is 162 Å². The molecule has 0 spiro atoms. The van der Waals surface area contributed by atoms with Crippen LogP contribution in [0.4, 0.5) is 0 Å². The van der Waals surface area contributed by atoms with Gasteiger partial charge in [-0.05, 0) is 96.3 Å². The van der Waals surface area contributed by atoms with E-state index in [-0.39, 0.29) is 12.7 Å². The van der Waals surface area contributed by atoms with Gasteiger partial charge in [-0.1, -0.05) is 125 Å². The van der Waals surface area contributed by atoms with E-state index in [0.29, 0.717) is 13.0 Å². The molecule has 1 fully saturated rings. The normalized spacial score (nSPS) is 17.4. The van der Waals surface area contributed by atoms with Gasteiger partial charge in [0.15, 0.2) is 5.79 Å². The van der Waals surface area contributed by atoms with E-state index in [0.717, 1.165) is 64.2 Å². The molecule has 1 aliphatic heterocycles. The quantitative estimate of drug-likeness (QED) is 0.0649.